The quantitative estimate of drug-likeness (QED) is 0.281. The SMILES string of the molecule is CCCCCCCCCCCCCCCCCC(=O)OB([O-])[O-].[Zn+2]. The van der Waals surface area contributed by atoms with Crippen LogP contribution in [-0.4, -0.2) is 13.3 Å². The Labute approximate surface area is 162 Å². The van der Waals surface area contributed by atoms with Crippen LogP contribution < -0.4 is 10.0 Å². The van der Waals surface area contributed by atoms with Gasteiger partial charge in [0.25, 0.3) is 5.97 Å². The molecule has 6 heteroatoms. The van der Waals surface area contributed by atoms with E-state index in [1.165, 1.54) is 77.0 Å². The molecule has 0 saturated heterocycles. The van der Waals surface area contributed by atoms with Crippen LogP contribution in [0.5, 0.6) is 0 Å². The minimum Gasteiger partial charge on any atom is -0.860 e. The number of carbonyl (C=O) groups is 1. The normalized spacial score (nSPS) is 10.3. The van der Waals surface area contributed by atoms with E-state index in [1.54, 1.807) is 0 Å². The minimum absolute atomic E-state index is 0. The van der Waals surface area contributed by atoms with Crippen LogP contribution in [0.4, 0.5) is 0 Å². The molecule has 0 rings (SSSR count). The maximum absolute atomic E-state index is 11.0. The monoisotopic (exact) mass is 390 g/mol. The molecule has 0 heterocycles. The van der Waals surface area contributed by atoms with Gasteiger partial charge < -0.3 is 14.7 Å². The van der Waals surface area contributed by atoms with Gasteiger partial charge in [-0.3, -0.25) is 4.79 Å². The number of rotatable bonds is 17. The molecule has 0 aromatic carbocycles. The first kappa shape index (κ1) is 26.3. The second-order valence-corrected chi connectivity index (χ2v) is 6.48. The molecule has 0 aliphatic heterocycles. The second kappa shape index (κ2) is 21.1. The van der Waals surface area contributed by atoms with Crippen molar-refractivity contribution < 1.29 is 39.0 Å². The Morgan fingerprint density at radius 1 is 0.708 bits per heavy atom. The van der Waals surface area contributed by atoms with Gasteiger partial charge in [-0.05, 0) is 6.42 Å². The third-order valence-electron chi connectivity index (χ3n) is 4.21. The molecule has 0 fully saturated rings. The van der Waals surface area contributed by atoms with Crippen LogP contribution in [0.25, 0.3) is 0 Å². The average Bonchev–Trinajstić information content (AvgIpc) is 2.50. The predicted octanol–water partition coefficient (Wildman–Crippen LogP) is 3.49. The summed E-state index contributed by atoms with van der Waals surface area (Å²) in [6.45, 7) is 2.26. The van der Waals surface area contributed by atoms with E-state index in [-0.39, 0.29) is 25.9 Å². The summed E-state index contributed by atoms with van der Waals surface area (Å²) in [7, 11) is -2.47. The molecule has 0 unspecified atom stereocenters. The fraction of sp³-hybridized carbons (Fsp3) is 0.944. The van der Waals surface area contributed by atoms with Crippen molar-refractivity contribution in [3.05, 3.63) is 0 Å². The first-order valence-electron chi connectivity index (χ1n) is 9.68. The van der Waals surface area contributed by atoms with Gasteiger partial charge in [0.1, 0.15) is 7.32 Å². The summed E-state index contributed by atoms with van der Waals surface area (Å²) in [4.78, 5) is 11.0. The van der Waals surface area contributed by atoms with E-state index < -0.39 is 13.3 Å². The van der Waals surface area contributed by atoms with Gasteiger partial charge in [0, 0.05) is 6.42 Å². The fourth-order valence-corrected chi connectivity index (χ4v) is 2.81. The van der Waals surface area contributed by atoms with Crippen LogP contribution in [0.15, 0.2) is 0 Å². The first-order valence-corrected chi connectivity index (χ1v) is 9.68. The Bertz CT molecular complexity index is 265. The fourth-order valence-electron chi connectivity index (χ4n) is 2.81. The van der Waals surface area contributed by atoms with E-state index in [4.69, 9.17) is 0 Å². The number of carbonyl (C=O) groups excluding carboxylic acids is 1. The summed E-state index contributed by atoms with van der Waals surface area (Å²) >= 11 is 0. The van der Waals surface area contributed by atoms with Crippen LogP contribution in [0.2, 0.25) is 0 Å². The topological polar surface area (TPSA) is 72.4 Å². The molecular weight excluding hydrogens is 356 g/mol. The van der Waals surface area contributed by atoms with Gasteiger partial charge in [0.05, 0.1) is 0 Å². The molecule has 24 heavy (non-hydrogen) atoms. The summed E-state index contributed by atoms with van der Waals surface area (Å²) in [6, 6.07) is 0. The van der Waals surface area contributed by atoms with E-state index >= 15 is 0 Å². The average molecular weight is 392 g/mol. The van der Waals surface area contributed by atoms with Gasteiger partial charge in [-0.2, -0.15) is 0 Å². The molecule has 0 aliphatic carbocycles. The predicted molar refractivity (Wildman–Crippen MR) is 91.4 cm³/mol. The minimum atomic E-state index is -2.47. The Hall–Kier alpha value is 0.0783. The zero-order valence-electron chi connectivity index (χ0n) is 15.7. The Kier molecular flexibility index (Phi) is 23.2. The van der Waals surface area contributed by atoms with Crippen LogP contribution >= 0.6 is 0 Å². The van der Waals surface area contributed by atoms with Crippen molar-refractivity contribution in [1.82, 2.24) is 0 Å². The number of hydrogen-bond acceptors (Lipinski definition) is 4. The van der Waals surface area contributed by atoms with Crippen molar-refractivity contribution in [1.29, 1.82) is 0 Å². The van der Waals surface area contributed by atoms with E-state index in [9.17, 15) is 14.8 Å². The van der Waals surface area contributed by atoms with E-state index in [2.05, 4.69) is 11.6 Å². The van der Waals surface area contributed by atoms with Crippen molar-refractivity contribution in [3.8, 4) is 0 Å². The molecule has 0 amide bonds. The largest absolute Gasteiger partial charge is 2.00 e. The summed E-state index contributed by atoms with van der Waals surface area (Å²) in [5.74, 6) is -0.658. The maximum atomic E-state index is 11.0. The van der Waals surface area contributed by atoms with Crippen molar-refractivity contribution in [2.24, 2.45) is 0 Å². The summed E-state index contributed by atoms with van der Waals surface area (Å²) in [6.07, 6.45) is 19.2. The zero-order valence-corrected chi connectivity index (χ0v) is 18.7. The molecule has 0 atom stereocenters. The molecule has 0 aliphatic rings. The number of unbranched alkanes of at least 4 members (excludes halogenated alkanes) is 14. The standard InChI is InChI=1S/C18H35BO4.Zn/c1-2-3-4-5-6-7-8-9-10-11-12-13-14-15-16-17-18(20)23-19(21)22;/h2-17H2,1H3;/q-2;+2. The van der Waals surface area contributed by atoms with Crippen LogP contribution in [0.3, 0.4) is 0 Å². The summed E-state index contributed by atoms with van der Waals surface area (Å²) in [5, 5.41) is 20.2. The van der Waals surface area contributed by atoms with Gasteiger partial charge in [-0.15, -0.1) is 0 Å². The van der Waals surface area contributed by atoms with E-state index in [0.29, 0.717) is 6.42 Å². The Morgan fingerprint density at radius 3 is 1.38 bits per heavy atom. The second-order valence-electron chi connectivity index (χ2n) is 6.48. The molecule has 0 radical (unpaired) electrons. The zero-order chi connectivity index (χ0) is 17.2. The maximum Gasteiger partial charge on any atom is 2.00 e. The smallest absolute Gasteiger partial charge is 0.860 e. The molecule has 0 aromatic rings. The molecule has 0 N–H and O–H groups in total. The Balaban J connectivity index is 0. The first-order chi connectivity index (χ1) is 11.2. The summed E-state index contributed by atoms with van der Waals surface area (Å²) < 4.78 is 4.02. The van der Waals surface area contributed by atoms with Gasteiger partial charge in [0.2, 0.25) is 0 Å². The van der Waals surface area contributed by atoms with Crippen molar-refractivity contribution in [2.45, 2.75) is 110 Å². The van der Waals surface area contributed by atoms with E-state index in [1.807, 2.05) is 0 Å². The van der Waals surface area contributed by atoms with E-state index in [0.717, 1.165) is 12.8 Å². The molecule has 0 saturated carbocycles. The van der Waals surface area contributed by atoms with Crippen LogP contribution in [-0.2, 0) is 28.9 Å². The molecule has 0 spiro atoms. The van der Waals surface area contributed by atoms with Crippen molar-refractivity contribution in [2.75, 3.05) is 0 Å². The summed E-state index contributed by atoms with van der Waals surface area (Å²) in [5.41, 5.74) is 0. The number of hydrogen-bond donors (Lipinski definition) is 0. The van der Waals surface area contributed by atoms with Gasteiger partial charge in [-0.1, -0.05) is 96.8 Å². The molecule has 136 valence electrons. The third-order valence-corrected chi connectivity index (χ3v) is 4.21. The van der Waals surface area contributed by atoms with Crippen LogP contribution in [0.1, 0.15) is 110 Å². The van der Waals surface area contributed by atoms with Gasteiger partial charge >= 0.3 is 19.5 Å². The van der Waals surface area contributed by atoms with Gasteiger partial charge in [-0.25, -0.2) is 0 Å². The molecular formula is C18H35BO4Zn. The van der Waals surface area contributed by atoms with Crippen molar-refractivity contribution in [3.63, 3.8) is 0 Å². The third kappa shape index (κ3) is 22.1. The molecule has 0 aromatic heterocycles. The van der Waals surface area contributed by atoms with Crippen LogP contribution in [0, 0.1) is 0 Å². The Morgan fingerprint density at radius 2 is 1.04 bits per heavy atom. The molecule has 4 nitrogen and oxygen atoms in total. The van der Waals surface area contributed by atoms with Gasteiger partial charge in [0.15, 0.2) is 0 Å². The van der Waals surface area contributed by atoms with Crippen molar-refractivity contribution >= 4 is 13.3 Å². The molecule has 0 bridgehead atoms.